The van der Waals surface area contributed by atoms with Crippen LogP contribution in [0.2, 0.25) is 0 Å². The molecule has 0 amide bonds. The van der Waals surface area contributed by atoms with Gasteiger partial charge in [-0.3, -0.25) is 0 Å². The van der Waals surface area contributed by atoms with Crippen LogP contribution in [0.25, 0.3) is 0 Å². The lowest BCUT2D eigenvalue weighted by molar-refractivity contribution is 0.112. The first-order valence-corrected chi connectivity index (χ1v) is 10.9. The van der Waals surface area contributed by atoms with Crippen LogP contribution >= 0.6 is 0 Å². The number of hydrogen-bond acceptors (Lipinski definition) is 4. The van der Waals surface area contributed by atoms with Crippen LogP contribution < -0.4 is 4.74 Å². The topological polar surface area (TPSA) is 69.9 Å². The number of rotatable bonds is 1. The molecule has 3 aromatic carbocycles. The van der Waals surface area contributed by atoms with Crippen LogP contribution in [0, 0.1) is 27.7 Å². The lowest BCUT2D eigenvalue weighted by Gasteiger charge is -2.38. The summed E-state index contributed by atoms with van der Waals surface area (Å²) >= 11 is 0. The summed E-state index contributed by atoms with van der Waals surface area (Å²) in [5.41, 5.74) is 2.85. The first kappa shape index (κ1) is 24.3. The standard InChI is InChI=1S/C23H22O4.2C2H6/c1-12-10-17-21(14(3)19(12)24)27-22-15(4)20(25)13(2)11-18(22)23(17,26)16-8-6-5-7-9-16;2*1-2/h5-11,24-26H,1-4H3;2*1-2H3. The zero-order chi connectivity index (χ0) is 23.5. The summed E-state index contributed by atoms with van der Waals surface area (Å²) in [7, 11) is 0. The molecule has 4 nitrogen and oxygen atoms in total. The maximum Gasteiger partial charge on any atom is 0.147 e. The molecule has 1 heterocycles. The summed E-state index contributed by atoms with van der Waals surface area (Å²) in [5.74, 6) is 1.12. The molecule has 4 rings (SSSR count). The first-order chi connectivity index (χ1) is 14.8. The number of ether oxygens (including phenoxy) is 1. The molecular weight excluding hydrogens is 388 g/mol. The van der Waals surface area contributed by atoms with Crippen LogP contribution in [-0.2, 0) is 5.60 Å². The van der Waals surface area contributed by atoms with Gasteiger partial charge in [0.2, 0.25) is 0 Å². The highest BCUT2D eigenvalue weighted by Gasteiger charge is 2.44. The van der Waals surface area contributed by atoms with Gasteiger partial charge in [0.05, 0.1) is 0 Å². The summed E-state index contributed by atoms with van der Waals surface area (Å²) in [6.45, 7) is 15.1. The van der Waals surface area contributed by atoms with Crippen molar-refractivity contribution in [3.63, 3.8) is 0 Å². The number of aromatic hydroxyl groups is 2. The molecule has 3 aromatic rings. The van der Waals surface area contributed by atoms with E-state index in [9.17, 15) is 15.3 Å². The van der Waals surface area contributed by atoms with Gasteiger partial charge in [-0.15, -0.1) is 0 Å². The average Bonchev–Trinajstić information content (AvgIpc) is 2.81. The lowest BCUT2D eigenvalue weighted by Crippen LogP contribution is -2.33. The molecule has 0 fully saturated rings. The molecule has 0 unspecified atom stereocenters. The van der Waals surface area contributed by atoms with Crippen molar-refractivity contribution in [1.82, 2.24) is 0 Å². The Morgan fingerprint density at radius 1 is 0.677 bits per heavy atom. The van der Waals surface area contributed by atoms with Crippen molar-refractivity contribution in [2.45, 2.75) is 61.0 Å². The third-order valence-electron chi connectivity index (χ3n) is 5.52. The Bertz CT molecular complexity index is 1010. The van der Waals surface area contributed by atoms with Crippen LogP contribution in [0.1, 0.15) is 66.6 Å². The Kier molecular flexibility index (Phi) is 7.40. The van der Waals surface area contributed by atoms with E-state index in [4.69, 9.17) is 4.74 Å². The monoisotopic (exact) mass is 422 g/mol. The quantitative estimate of drug-likeness (QED) is 0.404. The van der Waals surface area contributed by atoms with Gasteiger partial charge in [-0.1, -0.05) is 58.0 Å². The number of phenolic OH excluding ortho intramolecular Hbond substituents is 2. The minimum Gasteiger partial charge on any atom is -0.507 e. The smallest absolute Gasteiger partial charge is 0.147 e. The zero-order valence-corrected chi connectivity index (χ0v) is 19.8. The summed E-state index contributed by atoms with van der Waals surface area (Å²) < 4.78 is 6.15. The molecule has 0 aromatic heterocycles. The Morgan fingerprint density at radius 3 is 1.45 bits per heavy atom. The maximum absolute atomic E-state index is 12.1. The summed E-state index contributed by atoms with van der Waals surface area (Å²) in [6.07, 6.45) is 0. The molecule has 166 valence electrons. The van der Waals surface area contributed by atoms with Gasteiger partial charge in [0.25, 0.3) is 0 Å². The van der Waals surface area contributed by atoms with Crippen LogP contribution in [0.3, 0.4) is 0 Å². The average molecular weight is 423 g/mol. The van der Waals surface area contributed by atoms with E-state index in [1.165, 1.54) is 0 Å². The van der Waals surface area contributed by atoms with Gasteiger partial charge in [0, 0.05) is 22.3 Å². The molecular formula is C27H34O4. The van der Waals surface area contributed by atoms with Gasteiger partial charge < -0.3 is 20.1 Å². The molecule has 4 heteroatoms. The van der Waals surface area contributed by atoms with Gasteiger partial charge in [0.15, 0.2) is 0 Å². The number of benzene rings is 3. The van der Waals surface area contributed by atoms with Crippen LogP contribution in [-0.4, -0.2) is 15.3 Å². The number of phenols is 2. The first-order valence-electron chi connectivity index (χ1n) is 10.9. The van der Waals surface area contributed by atoms with Gasteiger partial charge in [-0.05, 0) is 56.5 Å². The minimum absolute atomic E-state index is 0.140. The zero-order valence-electron chi connectivity index (χ0n) is 19.8. The van der Waals surface area contributed by atoms with E-state index in [0.29, 0.717) is 50.4 Å². The normalized spacial score (nSPS) is 12.8. The van der Waals surface area contributed by atoms with Crippen molar-refractivity contribution < 1.29 is 20.1 Å². The second-order valence-corrected chi connectivity index (χ2v) is 7.27. The number of aliphatic hydroxyl groups is 1. The van der Waals surface area contributed by atoms with Crippen molar-refractivity contribution in [3.05, 3.63) is 81.4 Å². The molecule has 0 saturated carbocycles. The fourth-order valence-corrected chi connectivity index (χ4v) is 3.95. The van der Waals surface area contributed by atoms with E-state index in [2.05, 4.69) is 0 Å². The highest BCUT2D eigenvalue weighted by molar-refractivity contribution is 5.69. The number of fused-ring (bicyclic) bond motifs is 2. The number of aryl methyl sites for hydroxylation is 2. The van der Waals surface area contributed by atoms with Gasteiger partial charge in [-0.25, -0.2) is 0 Å². The molecule has 31 heavy (non-hydrogen) atoms. The highest BCUT2D eigenvalue weighted by Crippen LogP contribution is 2.55. The molecule has 0 saturated heterocycles. The Balaban J connectivity index is 0.000000807. The fourth-order valence-electron chi connectivity index (χ4n) is 3.95. The predicted octanol–water partition coefficient (Wildman–Crippen LogP) is 6.77. The molecule has 0 aliphatic carbocycles. The SMILES string of the molecule is CC.CC.Cc1cc2c(c(C)c1O)Oc1c(cc(C)c(O)c1C)C2(O)c1ccccc1. The van der Waals surface area contributed by atoms with Gasteiger partial charge >= 0.3 is 0 Å². The van der Waals surface area contributed by atoms with E-state index in [0.717, 1.165) is 0 Å². The molecule has 0 atom stereocenters. The molecule has 1 aliphatic rings. The van der Waals surface area contributed by atoms with E-state index >= 15 is 0 Å². The van der Waals surface area contributed by atoms with Crippen LogP contribution in [0.5, 0.6) is 23.0 Å². The summed E-state index contributed by atoms with van der Waals surface area (Å²) in [4.78, 5) is 0. The Hall–Kier alpha value is -2.98. The van der Waals surface area contributed by atoms with Gasteiger partial charge in [-0.2, -0.15) is 0 Å². The fraction of sp³-hybridized carbons (Fsp3) is 0.333. The largest absolute Gasteiger partial charge is 0.507 e. The van der Waals surface area contributed by atoms with E-state index in [1.54, 1.807) is 39.8 Å². The van der Waals surface area contributed by atoms with Crippen molar-refractivity contribution in [3.8, 4) is 23.0 Å². The molecule has 0 bridgehead atoms. The van der Waals surface area contributed by atoms with Crippen molar-refractivity contribution in [1.29, 1.82) is 0 Å². The summed E-state index contributed by atoms with van der Waals surface area (Å²) in [5, 5.41) is 32.9. The molecule has 0 radical (unpaired) electrons. The molecule has 0 spiro atoms. The third-order valence-corrected chi connectivity index (χ3v) is 5.52. The predicted molar refractivity (Wildman–Crippen MR) is 126 cm³/mol. The molecule has 3 N–H and O–H groups in total. The van der Waals surface area contributed by atoms with E-state index < -0.39 is 5.60 Å². The maximum atomic E-state index is 12.1. The van der Waals surface area contributed by atoms with Crippen LogP contribution in [0.4, 0.5) is 0 Å². The number of hydrogen-bond donors (Lipinski definition) is 3. The van der Waals surface area contributed by atoms with Crippen molar-refractivity contribution >= 4 is 0 Å². The minimum atomic E-state index is -1.46. The second kappa shape index (κ2) is 9.44. The van der Waals surface area contributed by atoms with Crippen molar-refractivity contribution in [2.75, 3.05) is 0 Å². The second-order valence-electron chi connectivity index (χ2n) is 7.27. The Morgan fingerprint density at radius 2 is 1.06 bits per heavy atom. The highest BCUT2D eigenvalue weighted by atomic mass is 16.5. The molecule has 1 aliphatic heterocycles. The lowest BCUT2D eigenvalue weighted by atomic mass is 9.75. The summed E-state index contributed by atoms with van der Waals surface area (Å²) in [6, 6.07) is 12.9. The third kappa shape index (κ3) is 3.77. The van der Waals surface area contributed by atoms with Gasteiger partial charge in [0.1, 0.15) is 28.6 Å². The Labute approximate surface area is 185 Å². The van der Waals surface area contributed by atoms with E-state index in [1.807, 2.05) is 58.0 Å². The van der Waals surface area contributed by atoms with Crippen LogP contribution in [0.15, 0.2) is 42.5 Å². The van der Waals surface area contributed by atoms with Crippen molar-refractivity contribution in [2.24, 2.45) is 0 Å². The van der Waals surface area contributed by atoms with E-state index in [-0.39, 0.29) is 11.5 Å².